The SMILES string of the molecule is CC[C@@H](C(=O)Nc1ccc(F)cc1)n1c(=O)c(-c2cc(C)ccc2NC(C)=O)nc2ccccc21. The Balaban J connectivity index is 1.90. The third kappa shape index (κ3) is 4.96. The maximum absolute atomic E-state index is 13.9. The van der Waals surface area contributed by atoms with Crippen LogP contribution in [0.1, 0.15) is 31.9 Å². The summed E-state index contributed by atoms with van der Waals surface area (Å²) < 4.78 is 14.7. The predicted molar refractivity (Wildman–Crippen MR) is 135 cm³/mol. The Kier molecular flexibility index (Phi) is 6.73. The molecule has 8 heteroatoms. The average molecular weight is 473 g/mol. The van der Waals surface area contributed by atoms with Crippen LogP contribution in [0.25, 0.3) is 22.3 Å². The number of aromatic nitrogens is 2. The lowest BCUT2D eigenvalue weighted by atomic mass is 10.0. The van der Waals surface area contributed by atoms with Crippen LogP contribution in [0.15, 0.2) is 71.5 Å². The molecule has 2 amide bonds. The highest BCUT2D eigenvalue weighted by Crippen LogP contribution is 2.29. The summed E-state index contributed by atoms with van der Waals surface area (Å²) in [6.45, 7) is 5.08. The van der Waals surface area contributed by atoms with Crippen molar-refractivity contribution in [3.05, 3.63) is 88.5 Å². The van der Waals surface area contributed by atoms with Crippen molar-refractivity contribution in [3.8, 4) is 11.3 Å². The summed E-state index contributed by atoms with van der Waals surface area (Å²) in [6.07, 6.45) is 0.326. The summed E-state index contributed by atoms with van der Waals surface area (Å²) in [5, 5.41) is 5.53. The van der Waals surface area contributed by atoms with E-state index in [1.165, 1.54) is 35.8 Å². The van der Waals surface area contributed by atoms with Crippen molar-refractivity contribution in [2.24, 2.45) is 0 Å². The van der Waals surface area contributed by atoms with E-state index in [1.807, 2.05) is 19.9 Å². The molecule has 35 heavy (non-hydrogen) atoms. The van der Waals surface area contributed by atoms with E-state index in [9.17, 15) is 18.8 Å². The molecule has 0 aliphatic heterocycles. The van der Waals surface area contributed by atoms with Gasteiger partial charge in [-0.2, -0.15) is 0 Å². The summed E-state index contributed by atoms with van der Waals surface area (Å²) in [4.78, 5) is 43.6. The Labute approximate surface area is 201 Å². The molecule has 1 atom stereocenters. The number of halogens is 1. The van der Waals surface area contributed by atoms with E-state index < -0.39 is 23.3 Å². The third-order valence-corrected chi connectivity index (χ3v) is 5.65. The van der Waals surface area contributed by atoms with Crippen molar-refractivity contribution in [2.45, 2.75) is 33.2 Å². The number of nitrogens with zero attached hydrogens (tertiary/aromatic N) is 2. The fourth-order valence-corrected chi connectivity index (χ4v) is 4.04. The Morgan fingerprint density at radius 3 is 2.43 bits per heavy atom. The van der Waals surface area contributed by atoms with Gasteiger partial charge in [0, 0.05) is 18.2 Å². The molecule has 4 aromatic rings. The molecule has 4 rings (SSSR count). The number of amides is 2. The fraction of sp³-hybridized carbons (Fsp3) is 0.185. The highest BCUT2D eigenvalue weighted by atomic mass is 19.1. The normalized spacial score (nSPS) is 11.8. The molecule has 178 valence electrons. The van der Waals surface area contributed by atoms with E-state index in [0.29, 0.717) is 34.4 Å². The zero-order chi connectivity index (χ0) is 25.1. The minimum Gasteiger partial charge on any atom is -0.326 e. The number of hydrogen-bond acceptors (Lipinski definition) is 4. The van der Waals surface area contributed by atoms with Crippen LogP contribution < -0.4 is 16.2 Å². The Hall–Kier alpha value is -4.33. The van der Waals surface area contributed by atoms with Gasteiger partial charge in [-0.05, 0) is 61.9 Å². The zero-order valence-electron chi connectivity index (χ0n) is 19.6. The number of carbonyl (C=O) groups excluding carboxylic acids is 2. The molecule has 0 saturated heterocycles. The van der Waals surface area contributed by atoms with Crippen molar-refractivity contribution in [1.82, 2.24) is 9.55 Å². The molecule has 0 saturated carbocycles. The van der Waals surface area contributed by atoms with Gasteiger partial charge in [0.05, 0.1) is 16.7 Å². The van der Waals surface area contributed by atoms with Crippen LogP contribution in [0, 0.1) is 12.7 Å². The van der Waals surface area contributed by atoms with E-state index >= 15 is 0 Å². The molecule has 0 aliphatic carbocycles. The first kappa shape index (κ1) is 23.8. The van der Waals surface area contributed by atoms with Gasteiger partial charge in [-0.1, -0.05) is 30.7 Å². The van der Waals surface area contributed by atoms with E-state index in [4.69, 9.17) is 0 Å². The van der Waals surface area contributed by atoms with Gasteiger partial charge in [0.25, 0.3) is 5.56 Å². The molecule has 0 fully saturated rings. The van der Waals surface area contributed by atoms with Crippen molar-refractivity contribution >= 4 is 34.2 Å². The standard InChI is InChI=1S/C27H25FN4O3/c1-4-23(26(34)30-19-12-10-18(28)11-13-19)32-24-8-6-5-7-22(24)31-25(27(32)35)20-15-16(2)9-14-21(20)29-17(3)33/h5-15,23H,4H2,1-3H3,(H,29,33)(H,30,34)/t23-/m0/s1. The molecular weight excluding hydrogens is 447 g/mol. The van der Waals surface area contributed by atoms with E-state index in [0.717, 1.165) is 5.56 Å². The Morgan fingerprint density at radius 2 is 1.74 bits per heavy atom. The third-order valence-electron chi connectivity index (χ3n) is 5.65. The van der Waals surface area contributed by atoms with Crippen molar-refractivity contribution in [1.29, 1.82) is 0 Å². The first-order chi connectivity index (χ1) is 16.8. The van der Waals surface area contributed by atoms with Gasteiger partial charge in [-0.25, -0.2) is 9.37 Å². The van der Waals surface area contributed by atoms with Crippen LogP contribution in [0.3, 0.4) is 0 Å². The number of anilines is 2. The minimum absolute atomic E-state index is 0.129. The van der Waals surface area contributed by atoms with E-state index in [-0.39, 0.29) is 11.6 Å². The monoisotopic (exact) mass is 472 g/mol. The lowest BCUT2D eigenvalue weighted by Gasteiger charge is -2.21. The molecule has 1 heterocycles. The minimum atomic E-state index is -0.853. The fourth-order valence-electron chi connectivity index (χ4n) is 4.04. The average Bonchev–Trinajstić information content (AvgIpc) is 2.83. The number of rotatable bonds is 6. The molecular formula is C27H25FN4O3. The number of para-hydroxylation sites is 2. The lowest BCUT2D eigenvalue weighted by molar-refractivity contribution is -0.119. The van der Waals surface area contributed by atoms with Crippen molar-refractivity contribution in [3.63, 3.8) is 0 Å². The zero-order valence-corrected chi connectivity index (χ0v) is 19.6. The quantitative estimate of drug-likeness (QED) is 0.410. The predicted octanol–water partition coefficient (Wildman–Crippen LogP) is 5.06. The number of carbonyl (C=O) groups is 2. The largest absolute Gasteiger partial charge is 0.326 e. The van der Waals surface area contributed by atoms with Gasteiger partial charge >= 0.3 is 0 Å². The number of nitrogens with one attached hydrogen (secondary N) is 2. The molecule has 0 bridgehead atoms. The molecule has 2 N–H and O–H groups in total. The smallest absolute Gasteiger partial charge is 0.278 e. The second kappa shape index (κ2) is 9.89. The maximum atomic E-state index is 13.9. The Morgan fingerprint density at radius 1 is 1.03 bits per heavy atom. The summed E-state index contributed by atoms with van der Waals surface area (Å²) >= 11 is 0. The molecule has 0 radical (unpaired) electrons. The van der Waals surface area contributed by atoms with Gasteiger partial charge in [-0.15, -0.1) is 0 Å². The first-order valence-electron chi connectivity index (χ1n) is 11.2. The molecule has 0 unspecified atom stereocenters. The van der Waals surface area contributed by atoms with Crippen LogP contribution in [0.5, 0.6) is 0 Å². The molecule has 3 aromatic carbocycles. The van der Waals surface area contributed by atoms with Crippen LogP contribution in [-0.2, 0) is 9.59 Å². The van der Waals surface area contributed by atoms with Crippen LogP contribution in [0.2, 0.25) is 0 Å². The second-order valence-corrected chi connectivity index (χ2v) is 8.27. The first-order valence-corrected chi connectivity index (χ1v) is 11.2. The van der Waals surface area contributed by atoms with Gasteiger partial charge < -0.3 is 10.6 Å². The van der Waals surface area contributed by atoms with Gasteiger partial charge in [0.15, 0.2) is 0 Å². The molecule has 0 spiro atoms. The molecule has 1 aromatic heterocycles. The Bertz CT molecular complexity index is 1480. The van der Waals surface area contributed by atoms with Gasteiger partial charge in [-0.3, -0.25) is 19.0 Å². The maximum Gasteiger partial charge on any atom is 0.278 e. The number of fused-ring (bicyclic) bond motifs is 1. The molecule has 0 aliphatic rings. The number of benzene rings is 3. The van der Waals surface area contributed by atoms with Gasteiger partial charge in [0.1, 0.15) is 17.6 Å². The summed E-state index contributed by atoms with van der Waals surface area (Å²) in [5.41, 5.74) is 2.95. The summed E-state index contributed by atoms with van der Waals surface area (Å²) in [5.74, 6) is -1.10. The van der Waals surface area contributed by atoms with Crippen LogP contribution in [0.4, 0.5) is 15.8 Å². The van der Waals surface area contributed by atoms with Crippen molar-refractivity contribution in [2.75, 3.05) is 10.6 Å². The summed E-state index contributed by atoms with van der Waals surface area (Å²) in [7, 11) is 0. The van der Waals surface area contributed by atoms with Gasteiger partial charge in [0.2, 0.25) is 11.8 Å². The summed E-state index contributed by atoms with van der Waals surface area (Å²) in [6, 6.07) is 17.0. The van der Waals surface area contributed by atoms with E-state index in [2.05, 4.69) is 15.6 Å². The van der Waals surface area contributed by atoms with Crippen LogP contribution in [-0.4, -0.2) is 21.4 Å². The lowest BCUT2D eigenvalue weighted by Crippen LogP contribution is -2.34. The van der Waals surface area contributed by atoms with E-state index in [1.54, 1.807) is 36.4 Å². The molecule has 7 nitrogen and oxygen atoms in total. The highest BCUT2D eigenvalue weighted by Gasteiger charge is 2.25. The number of hydrogen-bond donors (Lipinski definition) is 2. The van der Waals surface area contributed by atoms with Crippen LogP contribution >= 0.6 is 0 Å². The highest BCUT2D eigenvalue weighted by molar-refractivity contribution is 5.96. The number of aryl methyl sites for hydroxylation is 1. The topological polar surface area (TPSA) is 93.1 Å². The second-order valence-electron chi connectivity index (χ2n) is 8.27. The van der Waals surface area contributed by atoms with Crippen molar-refractivity contribution < 1.29 is 14.0 Å².